The largest absolute Gasteiger partial charge is 0.460 e. The van der Waals surface area contributed by atoms with E-state index < -0.39 is 16.1 Å². The van der Waals surface area contributed by atoms with Crippen molar-refractivity contribution >= 4 is 33.7 Å². The number of ether oxygens (including phenoxy) is 27. The number of hydrogen-bond acceptors (Lipinski definition) is 33. The number of rotatable bonds is 57. The minimum atomic E-state index is -2.74. The Bertz CT molecular complexity index is 2770. The number of methoxy groups -OCH3 is 6. The first-order valence-corrected chi connectivity index (χ1v) is 53.7. The van der Waals surface area contributed by atoms with Crippen molar-refractivity contribution < 1.29 is 200 Å². The van der Waals surface area contributed by atoms with Crippen LogP contribution in [0, 0.1) is 11.8 Å². The number of hydrogen-bond donors (Lipinski definition) is 9. The second-order valence-corrected chi connectivity index (χ2v) is 37.6. The lowest BCUT2D eigenvalue weighted by molar-refractivity contribution is -0.908. The molecule has 0 radical (unpaired) electrons. The van der Waals surface area contributed by atoms with Gasteiger partial charge >= 0.3 is 23.9 Å². The van der Waals surface area contributed by atoms with Crippen LogP contribution in [0.2, 0.25) is 0 Å². The molecule has 2 unspecified atom stereocenters. The standard InChI is InChI=1S/C18H37NO8.C14H29NO6.C13H23NO3.C12H21NO3.C9H17NO3.C8H17NO4S.C8H17NO3.C8H15NO3.C5H11N/c1-20-9-11-23-13-14-25-17-18(27-16-15-24-12-10-21-2)26-8-5-19-3-6-22-7-4-19;1-16-9-11-19-13-14(21-12-10-17-2)20-8-5-15-3-6-18-7-4-15;15-13(12-4-2-1-3-5-12)17-11-8-14-6-9-16-10-7-14;14-12(11-3-1-2-4-11)16-10-7-13-5-8-15-9-6-13;1-2-9(11)13-8-5-10-3-6-12-7-4-10;1-12-8-13-5-2-9-3-6-14(10,11)7-4-9;1-10-8-12-7-4-9-2-5-11-6-3-9;1-8(10)12-7-4-9-2-5-11-6-3-9;1-2-4-6-5-3-1/h18H,3-17H2,1-2H3;14H,3-13H2,1-2H3;12H,1-11H2;11H,1-10H2;2-8H2,1H3;2-8H2,1H3;2-8H2,1H3;2-7H2,1H3;6H,1-5H2/p+9. The molecule has 2 aliphatic carbocycles. The second kappa shape index (κ2) is 94.5. The van der Waals surface area contributed by atoms with Crippen LogP contribution in [-0.2, 0) is 157 Å². The second-order valence-electron chi connectivity index (χ2n) is 35.2. The summed E-state index contributed by atoms with van der Waals surface area (Å²) in [6.45, 7) is 54.1. The summed E-state index contributed by atoms with van der Waals surface area (Å²) < 4.78 is 164. The predicted octanol–water partition coefficient (Wildman–Crippen LogP) is -9.67. The fourth-order valence-corrected chi connectivity index (χ4v) is 17.1. The number of quaternary nitrogens is 9. The lowest BCUT2D eigenvalue weighted by Gasteiger charge is -2.25. The van der Waals surface area contributed by atoms with Gasteiger partial charge in [0.05, 0.1) is 261 Å². The number of carbonyl (C=O) groups is 4. The maximum Gasteiger partial charge on any atom is 0.309 e. The Hall–Kier alpha value is -3.45. The van der Waals surface area contributed by atoms with Gasteiger partial charge in [-0.2, -0.15) is 0 Å². The van der Waals surface area contributed by atoms with Gasteiger partial charge in [-0.15, -0.1) is 0 Å². The number of morpholine rings is 7. The third kappa shape index (κ3) is 77.9. The molecular formula is C95H196N9O33S+9. The number of piperidine rings is 1. The molecule has 0 bridgehead atoms. The molecule has 11 fully saturated rings. The first-order chi connectivity index (χ1) is 67.6. The molecule has 2 saturated carbocycles. The van der Waals surface area contributed by atoms with E-state index in [0.29, 0.717) is 183 Å². The molecule has 138 heavy (non-hydrogen) atoms. The molecule has 11 rings (SSSR count). The van der Waals surface area contributed by atoms with E-state index in [-0.39, 0.29) is 42.0 Å². The normalized spacial score (nSPS) is 20.1. The minimum Gasteiger partial charge on any atom is -0.460 e. The number of sulfone groups is 1. The monoisotopic (exact) mass is 2020 g/mol. The fraction of sp³-hybridized carbons (Fsp3) is 0.958. The number of nitrogens with one attached hydrogen (secondary N) is 8. The molecule has 10 N–H and O–H groups in total. The molecule has 816 valence electrons. The highest BCUT2D eigenvalue weighted by molar-refractivity contribution is 7.91. The summed E-state index contributed by atoms with van der Waals surface area (Å²) in [7, 11) is 7.08. The molecule has 0 spiro atoms. The van der Waals surface area contributed by atoms with Crippen LogP contribution in [0.4, 0.5) is 0 Å². The quantitative estimate of drug-likeness (QED) is 0.0118. The lowest BCUT2D eigenvalue weighted by Crippen LogP contribution is -3.14. The maximum atomic E-state index is 11.8. The van der Waals surface area contributed by atoms with Crippen LogP contribution in [0.1, 0.15) is 97.3 Å². The van der Waals surface area contributed by atoms with Gasteiger partial charge in [-0.05, 0) is 44.9 Å². The Morgan fingerprint density at radius 3 is 0.884 bits per heavy atom. The van der Waals surface area contributed by atoms with Crippen molar-refractivity contribution in [3.05, 3.63) is 0 Å². The topological polar surface area (TPSA) is 404 Å². The van der Waals surface area contributed by atoms with E-state index in [1.807, 2.05) is 6.92 Å². The van der Waals surface area contributed by atoms with E-state index in [9.17, 15) is 27.6 Å². The molecule has 0 aromatic rings. The lowest BCUT2D eigenvalue weighted by atomic mass is 9.89. The Morgan fingerprint density at radius 2 is 0.565 bits per heavy atom. The minimum absolute atomic E-state index is 0.0326. The van der Waals surface area contributed by atoms with Crippen molar-refractivity contribution in [1.82, 2.24) is 0 Å². The summed E-state index contributed by atoms with van der Waals surface area (Å²) in [5.74, 6) is 0.778. The van der Waals surface area contributed by atoms with Crippen LogP contribution in [0.5, 0.6) is 0 Å². The van der Waals surface area contributed by atoms with Crippen molar-refractivity contribution in [1.29, 1.82) is 0 Å². The predicted molar refractivity (Wildman–Crippen MR) is 511 cm³/mol. The molecule has 43 heteroatoms. The van der Waals surface area contributed by atoms with Crippen molar-refractivity contribution in [3.8, 4) is 0 Å². The zero-order valence-electron chi connectivity index (χ0n) is 86.6. The summed E-state index contributed by atoms with van der Waals surface area (Å²) in [6.07, 6.45) is 14.2. The highest BCUT2D eigenvalue weighted by Gasteiger charge is 2.29. The number of carbonyl (C=O) groups excluding carboxylic acids is 4. The van der Waals surface area contributed by atoms with E-state index in [0.717, 1.165) is 269 Å². The van der Waals surface area contributed by atoms with Crippen molar-refractivity contribution in [2.45, 2.75) is 110 Å². The summed E-state index contributed by atoms with van der Waals surface area (Å²) in [4.78, 5) is 56.4. The zero-order valence-corrected chi connectivity index (χ0v) is 87.4. The average Bonchev–Trinajstić information content (AvgIpc) is 1.03. The third-order valence-electron chi connectivity index (χ3n) is 24.5. The molecule has 0 amide bonds. The summed E-state index contributed by atoms with van der Waals surface area (Å²) in [6, 6.07) is 0. The molecule has 11 aliphatic rings. The van der Waals surface area contributed by atoms with Gasteiger partial charge in [0.25, 0.3) is 0 Å². The number of esters is 4. The van der Waals surface area contributed by atoms with Crippen LogP contribution >= 0.6 is 0 Å². The number of nitrogens with two attached hydrogens (primary N) is 1. The van der Waals surface area contributed by atoms with Gasteiger partial charge in [0.15, 0.2) is 22.4 Å². The molecule has 9 heterocycles. The van der Waals surface area contributed by atoms with Crippen molar-refractivity contribution in [2.75, 3.05) is 476 Å². The Balaban J connectivity index is 0.000000407. The highest BCUT2D eigenvalue weighted by atomic mass is 32.2. The van der Waals surface area contributed by atoms with Gasteiger partial charge in [-0.1, -0.05) is 39.0 Å². The Labute approximate surface area is 827 Å². The first kappa shape index (κ1) is 129. The summed E-state index contributed by atoms with van der Waals surface area (Å²) >= 11 is 0. The molecule has 2 atom stereocenters. The molecule has 0 aromatic carbocycles. The maximum absolute atomic E-state index is 11.8. The van der Waals surface area contributed by atoms with Crippen LogP contribution in [-0.4, -0.2) is 521 Å². The van der Waals surface area contributed by atoms with Crippen LogP contribution < -0.4 is 44.5 Å². The van der Waals surface area contributed by atoms with E-state index in [2.05, 4.69) is 5.32 Å². The Morgan fingerprint density at radius 1 is 0.297 bits per heavy atom. The molecule has 42 nitrogen and oxygen atoms in total. The smallest absolute Gasteiger partial charge is 0.309 e. The van der Waals surface area contributed by atoms with E-state index in [4.69, 9.17) is 128 Å². The third-order valence-corrected chi connectivity index (χ3v) is 26.1. The first-order valence-electron chi connectivity index (χ1n) is 51.9. The van der Waals surface area contributed by atoms with Gasteiger partial charge < -0.3 is 172 Å². The van der Waals surface area contributed by atoms with Gasteiger partial charge in [-0.3, -0.25) is 19.2 Å². The SMILES string of the molecule is C1CC[NH2+]CC1.CC(=O)OCC[NH+]1CCOCC1.CCC(=O)OCC[NH+]1CCOCC1.COCCOCC(OCCOC)OCC[NH+]1CCOCC1.COCCOCCOCC(OCCOCCOC)OCC[NH+]1CCOCC1.COCOCC[NH+]1CCOCC1.COCOCC[NH+]1CCS(=O)(=O)CC1.O=C(OCC[NH+]1CCOCC1)C1CCCC1.O=C(OCC[NH+]1CCOCC1)C1CCCCC1. The van der Waals surface area contributed by atoms with E-state index in [1.54, 1.807) is 47.6 Å². The summed E-state index contributed by atoms with van der Waals surface area (Å²) in [5.41, 5.74) is 0. The van der Waals surface area contributed by atoms with Crippen LogP contribution in [0.25, 0.3) is 0 Å². The van der Waals surface area contributed by atoms with Gasteiger partial charge in [0.1, 0.15) is 184 Å². The van der Waals surface area contributed by atoms with Gasteiger partial charge in [-0.25, -0.2) is 8.42 Å². The average molecular weight is 2020 g/mol. The fourth-order valence-electron chi connectivity index (χ4n) is 15.7. The van der Waals surface area contributed by atoms with Gasteiger partial charge in [0.2, 0.25) is 0 Å². The molecular weight excluding hydrogens is 1830 g/mol. The molecule has 0 aromatic heterocycles. The van der Waals surface area contributed by atoms with Crippen molar-refractivity contribution in [3.63, 3.8) is 0 Å². The highest BCUT2D eigenvalue weighted by Crippen LogP contribution is 2.26. The zero-order chi connectivity index (χ0) is 99.4. The van der Waals surface area contributed by atoms with Crippen LogP contribution in [0.15, 0.2) is 0 Å². The van der Waals surface area contributed by atoms with Crippen LogP contribution in [0.3, 0.4) is 0 Å². The van der Waals surface area contributed by atoms with E-state index in [1.165, 1.54) is 106 Å². The summed E-state index contributed by atoms with van der Waals surface area (Å²) in [5, 5.41) is 2.39. The molecule has 9 saturated heterocycles. The van der Waals surface area contributed by atoms with E-state index >= 15 is 0 Å². The van der Waals surface area contributed by atoms with Crippen molar-refractivity contribution in [2.24, 2.45) is 11.8 Å². The molecule has 9 aliphatic heterocycles. The van der Waals surface area contributed by atoms with Gasteiger partial charge in [0, 0.05) is 56.0 Å². The Kier molecular flexibility index (Phi) is 88.2.